The van der Waals surface area contributed by atoms with Gasteiger partial charge in [-0.15, -0.1) is 0 Å². The molecule has 0 bridgehead atoms. The summed E-state index contributed by atoms with van der Waals surface area (Å²) in [7, 11) is 1.60. The second kappa shape index (κ2) is 4.49. The fraction of sp³-hybridized carbons (Fsp3) is 0.308. The van der Waals surface area contributed by atoms with Crippen LogP contribution < -0.4 is 4.74 Å². The molecule has 1 aromatic heterocycles. The van der Waals surface area contributed by atoms with E-state index in [-0.39, 0.29) is 0 Å². The quantitative estimate of drug-likeness (QED) is 0.856. The van der Waals surface area contributed by atoms with E-state index in [9.17, 15) is 5.11 Å². The molecule has 84 valence electrons. The number of benzene rings is 1. The van der Waals surface area contributed by atoms with Gasteiger partial charge in [0.2, 0.25) is 5.88 Å². The number of rotatable bonds is 3. The van der Waals surface area contributed by atoms with Gasteiger partial charge in [-0.1, -0.05) is 18.2 Å². The third-order valence-electron chi connectivity index (χ3n) is 2.47. The summed E-state index contributed by atoms with van der Waals surface area (Å²) in [6.07, 6.45) is 0.165. The third kappa shape index (κ3) is 2.14. The van der Waals surface area contributed by atoms with E-state index in [0.29, 0.717) is 12.3 Å². The number of hydrogen-bond donors (Lipinski definition) is 1. The van der Waals surface area contributed by atoms with Gasteiger partial charge in [0.25, 0.3) is 0 Å². The lowest BCUT2D eigenvalue weighted by Crippen LogP contribution is -2.06. The Hall–Kier alpha value is -1.61. The summed E-state index contributed by atoms with van der Waals surface area (Å²) in [5.74, 6) is 0.597. The lowest BCUT2D eigenvalue weighted by atomic mass is 10.1. The molecule has 0 spiro atoms. The Labute approximate surface area is 94.7 Å². The first kappa shape index (κ1) is 10.9. The molecule has 3 nitrogen and oxygen atoms in total. The molecule has 0 aliphatic carbocycles. The minimum Gasteiger partial charge on any atom is -0.481 e. The summed E-state index contributed by atoms with van der Waals surface area (Å²) in [6.45, 7) is 1.76. The summed E-state index contributed by atoms with van der Waals surface area (Å²) < 4.78 is 5.23. The highest BCUT2D eigenvalue weighted by Crippen LogP contribution is 2.23. The molecule has 0 aliphatic heterocycles. The largest absolute Gasteiger partial charge is 0.481 e. The SMILES string of the molecule is COc1nc2ccccc2cc1C[C@@H](C)O. The number of methoxy groups -OCH3 is 1. The van der Waals surface area contributed by atoms with E-state index in [1.807, 2.05) is 30.3 Å². The zero-order valence-electron chi connectivity index (χ0n) is 9.47. The minimum absolute atomic E-state index is 0.392. The number of nitrogens with zero attached hydrogens (tertiary/aromatic N) is 1. The molecule has 1 heterocycles. The van der Waals surface area contributed by atoms with Crippen molar-refractivity contribution < 1.29 is 9.84 Å². The van der Waals surface area contributed by atoms with E-state index in [4.69, 9.17) is 4.74 Å². The molecule has 0 fully saturated rings. The van der Waals surface area contributed by atoms with Crippen LogP contribution in [-0.4, -0.2) is 23.3 Å². The molecule has 1 N–H and O–H groups in total. The van der Waals surface area contributed by atoms with Crippen molar-refractivity contribution in [2.45, 2.75) is 19.4 Å². The molecular formula is C13H15NO2. The Morgan fingerprint density at radius 2 is 2.12 bits per heavy atom. The molecule has 0 unspecified atom stereocenters. The van der Waals surface area contributed by atoms with Crippen LogP contribution in [0.4, 0.5) is 0 Å². The number of para-hydroxylation sites is 1. The van der Waals surface area contributed by atoms with E-state index in [1.165, 1.54) is 0 Å². The first-order valence-electron chi connectivity index (χ1n) is 5.31. The lowest BCUT2D eigenvalue weighted by molar-refractivity contribution is 0.194. The fourth-order valence-corrected chi connectivity index (χ4v) is 1.78. The molecule has 1 aromatic carbocycles. The Kier molecular flexibility index (Phi) is 3.06. The van der Waals surface area contributed by atoms with Gasteiger partial charge < -0.3 is 9.84 Å². The van der Waals surface area contributed by atoms with Gasteiger partial charge in [0.15, 0.2) is 0 Å². The van der Waals surface area contributed by atoms with Gasteiger partial charge in [-0.25, -0.2) is 4.98 Å². The highest BCUT2D eigenvalue weighted by Gasteiger charge is 2.09. The van der Waals surface area contributed by atoms with Crippen molar-refractivity contribution in [1.82, 2.24) is 4.98 Å². The zero-order valence-corrected chi connectivity index (χ0v) is 9.47. The Morgan fingerprint density at radius 3 is 2.81 bits per heavy atom. The van der Waals surface area contributed by atoms with Crippen LogP contribution >= 0.6 is 0 Å². The molecule has 0 amide bonds. The summed E-state index contributed by atoms with van der Waals surface area (Å²) in [6, 6.07) is 9.90. The van der Waals surface area contributed by atoms with Crippen molar-refractivity contribution in [1.29, 1.82) is 0 Å². The molecule has 0 radical (unpaired) electrons. The van der Waals surface area contributed by atoms with Crippen LogP contribution in [0.5, 0.6) is 5.88 Å². The van der Waals surface area contributed by atoms with Crippen LogP contribution in [0.15, 0.2) is 30.3 Å². The molecule has 0 saturated heterocycles. The number of pyridine rings is 1. The van der Waals surface area contributed by atoms with E-state index in [1.54, 1.807) is 14.0 Å². The average Bonchev–Trinajstić information content (AvgIpc) is 2.27. The predicted octanol–water partition coefficient (Wildman–Crippen LogP) is 2.17. The third-order valence-corrected chi connectivity index (χ3v) is 2.47. The van der Waals surface area contributed by atoms with Crippen LogP contribution in [0.25, 0.3) is 10.9 Å². The zero-order chi connectivity index (χ0) is 11.5. The average molecular weight is 217 g/mol. The smallest absolute Gasteiger partial charge is 0.216 e. The van der Waals surface area contributed by atoms with Crippen LogP contribution in [0, 0.1) is 0 Å². The normalized spacial score (nSPS) is 12.7. The van der Waals surface area contributed by atoms with Gasteiger partial charge in [0.1, 0.15) is 0 Å². The molecule has 0 saturated carbocycles. The maximum Gasteiger partial charge on any atom is 0.216 e. The number of fused-ring (bicyclic) bond motifs is 1. The van der Waals surface area contributed by atoms with Crippen molar-refractivity contribution in [3.8, 4) is 5.88 Å². The molecule has 2 rings (SSSR count). The standard InChI is InChI=1S/C13H15NO2/c1-9(15)7-11-8-10-5-3-4-6-12(10)14-13(11)16-2/h3-6,8-9,15H,7H2,1-2H3/t9-/m1/s1. The highest BCUT2D eigenvalue weighted by molar-refractivity contribution is 5.80. The molecular weight excluding hydrogens is 202 g/mol. The van der Waals surface area contributed by atoms with Crippen LogP contribution in [0.1, 0.15) is 12.5 Å². The minimum atomic E-state index is -0.392. The molecule has 1 atom stereocenters. The van der Waals surface area contributed by atoms with Crippen molar-refractivity contribution >= 4 is 10.9 Å². The highest BCUT2D eigenvalue weighted by atomic mass is 16.5. The van der Waals surface area contributed by atoms with Crippen molar-refractivity contribution in [3.63, 3.8) is 0 Å². The molecule has 16 heavy (non-hydrogen) atoms. The van der Waals surface area contributed by atoms with Gasteiger partial charge in [0, 0.05) is 17.4 Å². The molecule has 2 aromatic rings. The second-order valence-electron chi connectivity index (χ2n) is 3.90. The first-order chi connectivity index (χ1) is 7.70. The van der Waals surface area contributed by atoms with Crippen molar-refractivity contribution in [3.05, 3.63) is 35.9 Å². The topological polar surface area (TPSA) is 42.4 Å². The van der Waals surface area contributed by atoms with Gasteiger partial charge in [0.05, 0.1) is 18.7 Å². The first-order valence-corrected chi connectivity index (χ1v) is 5.31. The number of aliphatic hydroxyl groups excluding tert-OH is 1. The van der Waals surface area contributed by atoms with Gasteiger partial charge in [-0.2, -0.15) is 0 Å². The fourth-order valence-electron chi connectivity index (χ4n) is 1.78. The van der Waals surface area contributed by atoms with Crippen molar-refractivity contribution in [2.75, 3.05) is 7.11 Å². The Balaban J connectivity index is 2.53. The number of aromatic nitrogens is 1. The van der Waals surface area contributed by atoms with E-state index in [2.05, 4.69) is 4.98 Å². The number of aliphatic hydroxyl groups is 1. The predicted molar refractivity (Wildman–Crippen MR) is 63.7 cm³/mol. The monoisotopic (exact) mass is 217 g/mol. The molecule has 3 heteroatoms. The summed E-state index contributed by atoms with van der Waals surface area (Å²) >= 11 is 0. The van der Waals surface area contributed by atoms with E-state index in [0.717, 1.165) is 16.5 Å². The maximum atomic E-state index is 9.41. The van der Waals surface area contributed by atoms with Crippen molar-refractivity contribution in [2.24, 2.45) is 0 Å². The van der Waals surface area contributed by atoms with Crippen LogP contribution in [0.3, 0.4) is 0 Å². The van der Waals surface area contributed by atoms with E-state index < -0.39 is 6.10 Å². The van der Waals surface area contributed by atoms with Gasteiger partial charge in [-0.05, 0) is 19.1 Å². The number of hydrogen-bond acceptors (Lipinski definition) is 3. The second-order valence-corrected chi connectivity index (χ2v) is 3.90. The summed E-state index contributed by atoms with van der Waals surface area (Å²) in [5.41, 5.74) is 1.85. The number of ether oxygens (including phenoxy) is 1. The van der Waals surface area contributed by atoms with E-state index >= 15 is 0 Å². The summed E-state index contributed by atoms with van der Waals surface area (Å²) in [5, 5.41) is 10.5. The Bertz CT molecular complexity index is 494. The summed E-state index contributed by atoms with van der Waals surface area (Å²) in [4.78, 5) is 4.41. The maximum absolute atomic E-state index is 9.41. The lowest BCUT2D eigenvalue weighted by Gasteiger charge is -2.10. The van der Waals surface area contributed by atoms with Gasteiger partial charge >= 0.3 is 0 Å². The molecule has 0 aliphatic rings. The van der Waals surface area contributed by atoms with Gasteiger partial charge in [-0.3, -0.25) is 0 Å². The van der Waals surface area contributed by atoms with Crippen LogP contribution in [-0.2, 0) is 6.42 Å². The van der Waals surface area contributed by atoms with Crippen LogP contribution in [0.2, 0.25) is 0 Å². The Morgan fingerprint density at radius 1 is 1.38 bits per heavy atom.